The molecule has 1 unspecified atom stereocenters. The van der Waals surface area contributed by atoms with Crippen LogP contribution in [-0.2, 0) is 0 Å². The summed E-state index contributed by atoms with van der Waals surface area (Å²) in [6.07, 6.45) is 3.98. The standard InChI is InChI=1S/C16H25BrN2/c1-4-13-7-9-19(10-8-13)16-11-14(17)5-6-15(16)12(2)18-3/h5-6,11-13,18H,4,7-10H2,1-3H3. The third kappa shape index (κ3) is 3.51. The number of anilines is 1. The Hall–Kier alpha value is -0.540. The van der Waals surface area contributed by atoms with E-state index in [1.54, 1.807) is 0 Å². The number of nitrogens with zero attached hydrogens (tertiary/aromatic N) is 1. The zero-order valence-corrected chi connectivity index (χ0v) is 13.8. The number of benzene rings is 1. The van der Waals surface area contributed by atoms with Crippen LogP contribution < -0.4 is 10.2 Å². The van der Waals surface area contributed by atoms with Crippen molar-refractivity contribution in [2.75, 3.05) is 25.0 Å². The molecule has 1 N–H and O–H groups in total. The summed E-state index contributed by atoms with van der Waals surface area (Å²) in [5.74, 6) is 0.925. The number of halogens is 1. The molecule has 1 heterocycles. The zero-order chi connectivity index (χ0) is 13.8. The van der Waals surface area contributed by atoms with E-state index in [4.69, 9.17) is 0 Å². The molecule has 0 amide bonds. The molecule has 1 fully saturated rings. The molecule has 1 aromatic carbocycles. The van der Waals surface area contributed by atoms with Crippen molar-refractivity contribution in [1.29, 1.82) is 0 Å². The Bertz CT molecular complexity index is 411. The van der Waals surface area contributed by atoms with Gasteiger partial charge in [0, 0.05) is 29.3 Å². The predicted molar refractivity (Wildman–Crippen MR) is 86.8 cm³/mol. The van der Waals surface area contributed by atoms with E-state index in [0.29, 0.717) is 6.04 Å². The monoisotopic (exact) mass is 324 g/mol. The van der Waals surface area contributed by atoms with E-state index in [2.05, 4.69) is 58.2 Å². The number of hydrogen-bond acceptors (Lipinski definition) is 2. The van der Waals surface area contributed by atoms with E-state index >= 15 is 0 Å². The number of piperidine rings is 1. The second-order valence-electron chi connectivity index (χ2n) is 5.55. The van der Waals surface area contributed by atoms with Gasteiger partial charge in [0.15, 0.2) is 0 Å². The predicted octanol–water partition coefficient (Wildman–Crippen LogP) is 4.36. The van der Waals surface area contributed by atoms with Gasteiger partial charge in [-0.2, -0.15) is 0 Å². The average molecular weight is 325 g/mol. The highest BCUT2D eigenvalue weighted by Crippen LogP contribution is 2.32. The van der Waals surface area contributed by atoms with Gasteiger partial charge in [-0.1, -0.05) is 35.3 Å². The van der Waals surface area contributed by atoms with Crippen molar-refractivity contribution < 1.29 is 0 Å². The van der Waals surface area contributed by atoms with Crippen LogP contribution in [0.1, 0.15) is 44.7 Å². The first-order valence-corrected chi connectivity index (χ1v) is 8.16. The highest BCUT2D eigenvalue weighted by molar-refractivity contribution is 9.10. The van der Waals surface area contributed by atoms with E-state index in [0.717, 1.165) is 5.92 Å². The molecule has 106 valence electrons. The SMILES string of the molecule is CCC1CCN(c2cc(Br)ccc2C(C)NC)CC1. The van der Waals surface area contributed by atoms with E-state index in [-0.39, 0.29) is 0 Å². The number of nitrogens with one attached hydrogen (secondary N) is 1. The van der Waals surface area contributed by atoms with Gasteiger partial charge < -0.3 is 10.2 Å². The lowest BCUT2D eigenvalue weighted by atomic mass is 9.93. The molecule has 19 heavy (non-hydrogen) atoms. The molecule has 1 aliphatic heterocycles. The first kappa shape index (κ1) is 14.9. The summed E-state index contributed by atoms with van der Waals surface area (Å²) < 4.78 is 1.17. The lowest BCUT2D eigenvalue weighted by Gasteiger charge is -2.35. The molecule has 1 atom stereocenters. The molecule has 1 aliphatic rings. The van der Waals surface area contributed by atoms with Crippen LogP contribution in [0.4, 0.5) is 5.69 Å². The van der Waals surface area contributed by atoms with Crippen molar-refractivity contribution >= 4 is 21.6 Å². The summed E-state index contributed by atoms with van der Waals surface area (Å²) in [5, 5.41) is 3.36. The summed E-state index contributed by atoms with van der Waals surface area (Å²) in [7, 11) is 2.03. The minimum Gasteiger partial charge on any atom is -0.371 e. The van der Waals surface area contributed by atoms with E-state index in [9.17, 15) is 0 Å². The van der Waals surface area contributed by atoms with Gasteiger partial charge in [0.2, 0.25) is 0 Å². The fraction of sp³-hybridized carbons (Fsp3) is 0.625. The van der Waals surface area contributed by atoms with Crippen molar-refractivity contribution in [2.45, 2.75) is 39.2 Å². The molecule has 2 nitrogen and oxygen atoms in total. The maximum absolute atomic E-state index is 3.61. The van der Waals surface area contributed by atoms with Crippen LogP contribution in [-0.4, -0.2) is 20.1 Å². The maximum atomic E-state index is 3.61. The van der Waals surface area contributed by atoms with Crippen molar-refractivity contribution in [3.8, 4) is 0 Å². The van der Waals surface area contributed by atoms with Gasteiger partial charge in [-0.05, 0) is 50.4 Å². The van der Waals surface area contributed by atoms with E-state index in [1.807, 2.05) is 7.05 Å². The van der Waals surface area contributed by atoms with Crippen molar-refractivity contribution in [1.82, 2.24) is 5.32 Å². The van der Waals surface area contributed by atoms with Gasteiger partial charge in [-0.15, -0.1) is 0 Å². The van der Waals surface area contributed by atoms with E-state index in [1.165, 1.54) is 48.1 Å². The molecule has 0 saturated carbocycles. The second-order valence-corrected chi connectivity index (χ2v) is 6.47. The van der Waals surface area contributed by atoms with E-state index < -0.39 is 0 Å². The Morgan fingerprint density at radius 2 is 2.05 bits per heavy atom. The average Bonchev–Trinajstić information content (AvgIpc) is 2.46. The molecule has 0 aliphatic carbocycles. The Labute approximate surface area is 125 Å². The normalized spacial score (nSPS) is 18.6. The van der Waals surface area contributed by atoms with Crippen molar-refractivity contribution in [3.05, 3.63) is 28.2 Å². The molecule has 1 aromatic rings. The number of rotatable bonds is 4. The fourth-order valence-corrected chi connectivity index (χ4v) is 3.24. The third-order valence-electron chi connectivity index (χ3n) is 4.42. The summed E-state index contributed by atoms with van der Waals surface area (Å²) in [5.41, 5.74) is 2.80. The molecule has 0 spiro atoms. The Morgan fingerprint density at radius 1 is 1.37 bits per heavy atom. The second kappa shape index (κ2) is 6.76. The minimum atomic E-state index is 0.395. The molecular weight excluding hydrogens is 300 g/mol. The van der Waals surface area contributed by atoms with Gasteiger partial charge >= 0.3 is 0 Å². The molecular formula is C16H25BrN2. The summed E-state index contributed by atoms with van der Waals surface area (Å²) in [4.78, 5) is 2.56. The summed E-state index contributed by atoms with van der Waals surface area (Å²) >= 11 is 3.61. The first-order chi connectivity index (χ1) is 9.15. The van der Waals surface area contributed by atoms with Gasteiger partial charge in [0.05, 0.1) is 0 Å². The number of hydrogen-bond donors (Lipinski definition) is 1. The quantitative estimate of drug-likeness (QED) is 0.885. The minimum absolute atomic E-state index is 0.395. The Balaban J connectivity index is 2.21. The highest BCUT2D eigenvalue weighted by Gasteiger charge is 2.21. The molecule has 0 aromatic heterocycles. The molecule has 3 heteroatoms. The highest BCUT2D eigenvalue weighted by atomic mass is 79.9. The zero-order valence-electron chi connectivity index (χ0n) is 12.2. The van der Waals surface area contributed by atoms with Gasteiger partial charge in [0.25, 0.3) is 0 Å². The van der Waals surface area contributed by atoms with Crippen LogP contribution in [0, 0.1) is 5.92 Å². The summed E-state index contributed by atoms with van der Waals surface area (Å²) in [6.45, 7) is 6.93. The van der Waals surface area contributed by atoms with Gasteiger partial charge in [-0.3, -0.25) is 0 Å². The molecule has 0 radical (unpaired) electrons. The van der Waals surface area contributed by atoms with Crippen LogP contribution in [0.2, 0.25) is 0 Å². The van der Waals surface area contributed by atoms with Crippen LogP contribution in [0.25, 0.3) is 0 Å². The van der Waals surface area contributed by atoms with Crippen LogP contribution in [0.5, 0.6) is 0 Å². The largest absolute Gasteiger partial charge is 0.371 e. The molecule has 2 rings (SSSR count). The molecule has 0 bridgehead atoms. The summed E-state index contributed by atoms with van der Waals surface area (Å²) in [6, 6.07) is 7.06. The van der Waals surface area contributed by atoms with Crippen LogP contribution >= 0.6 is 15.9 Å². The first-order valence-electron chi connectivity index (χ1n) is 7.37. The Kier molecular flexibility index (Phi) is 5.28. The third-order valence-corrected chi connectivity index (χ3v) is 4.92. The molecule has 1 saturated heterocycles. The Morgan fingerprint density at radius 3 is 2.63 bits per heavy atom. The van der Waals surface area contributed by atoms with Crippen LogP contribution in [0.3, 0.4) is 0 Å². The fourth-order valence-electron chi connectivity index (χ4n) is 2.89. The van der Waals surface area contributed by atoms with Crippen molar-refractivity contribution in [3.63, 3.8) is 0 Å². The topological polar surface area (TPSA) is 15.3 Å². The van der Waals surface area contributed by atoms with Crippen molar-refractivity contribution in [2.24, 2.45) is 5.92 Å². The lowest BCUT2D eigenvalue weighted by Crippen LogP contribution is -2.34. The lowest BCUT2D eigenvalue weighted by molar-refractivity contribution is 0.394. The maximum Gasteiger partial charge on any atom is 0.0425 e. The van der Waals surface area contributed by atoms with Crippen LogP contribution in [0.15, 0.2) is 22.7 Å². The van der Waals surface area contributed by atoms with Gasteiger partial charge in [-0.25, -0.2) is 0 Å². The van der Waals surface area contributed by atoms with Gasteiger partial charge in [0.1, 0.15) is 0 Å². The smallest absolute Gasteiger partial charge is 0.0425 e.